The molecule has 1 amide bonds. The number of nitrogens with one attached hydrogen (secondary N) is 1. The fourth-order valence-electron chi connectivity index (χ4n) is 3.70. The lowest BCUT2D eigenvalue weighted by Crippen LogP contribution is -2.26. The molecular weight excluding hydrogens is 374 g/mol. The van der Waals surface area contributed by atoms with Crippen LogP contribution in [0.4, 0.5) is 0 Å². The van der Waals surface area contributed by atoms with Crippen molar-refractivity contribution in [2.45, 2.75) is 25.7 Å². The number of fused-ring (bicyclic) bond motifs is 3. The van der Waals surface area contributed by atoms with E-state index in [2.05, 4.69) is 5.32 Å². The Morgan fingerprint density at radius 3 is 2.48 bits per heavy atom. The molecule has 0 saturated heterocycles. The quantitative estimate of drug-likeness (QED) is 0.824. The van der Waals surface area contributed by atoms with E-state index in [1.54, 1.807) is 6.07 Å². The van der Waals surface area contributed by atoms with Gasteiger partial charge in [0.25, 0.3) is 0 Å². The molecule has 0 bridgehead atoms. The van der Waals surface area contributed by atoms with Gasteiger partial charge in [-0.25, -0.2) is 0 Å². The third-order valence-corrected chi connectivity index (χ3v) is 4.94. The van der Waals surface area contributed by atoms with Crippen LogP contribution in [0.5, 0.6) is 23.0 Å². The van der Waals surface area contributed by atoms with Gasteiger partial charge in [0.2, 0.25) is 17.1 Å². The Morgan fingerprint density at radius 1 is 1.03 bits per heavy atom. The van der Waals surface area contributed by atoms with Crippen LogP contribution >= 0.6 is 0 Å². The first-order valence-electron chi connectivity index (χ1n) is 11.8. The molecule has 29 heavy (non-hydrogen) atoms. The standard InChI is InChI=1S/C22H25NO6/c1-12(24)23-17-8-6-14-15(11-20(27-3)22(29-5)21(14)28-4)13-7-9-19(26-2)18(25)10-16(13)17/h7,9-11,17H,6,8H2,1-5H3,(H,23,24)/i1D3,2D3. The highest BCUT2D eigenvalue weighted by Crippen LogP contribution is 2.48. The van der Waals surface area contributed by atoms with Crippen LogP contribution in [0.1, 0.15) is 38.7 Å². The molecule has 3 rings (SSSR count). The van der Waals surface area contributed by atoms with E-state index in [0.29, 0.717) is 45.9 Å². The van der Waals surface area contributed by atoms with Gasteiger partial charge in [0.05, 0.1) is 38.5 Å². The lowest BCUT2D eigenvalue weighted by molar-refractivity contribution is -0.119. The fraction of sp³-hybridized carbons (Fsp3) is 0.364. The van der Waals surface area contributed by atoms with Crippen molar-refractivity contribution < 1.29 is 32.0 Å². The van der Waals surface area contributed by atoms with Gasteiger partial charge in [0, 0.05) is 16.5 Å². The van der Waals surface area contributed by atoms with Gasteiger partial charge >= 0.3 is 0 Å². The Bertz CT molecular complexity index is 1190. The van der Waals surface area contributed by atoms with Crippen molar-refractivity contribution >= 4 is 5.91 Å². The summed E-state index contributed by atoms with van der Waals surface area (Å²) < 4.78 is 65.7. The average molecular weight is 405 g/mol. The number of benzene rings is 1. The van der Waals surface area contributed by atoms with E-state index in [9.17, 15) is 9.59 Å². The predicted molar refractivity (Wildman–Crippen MR) is 109 cm³/mol. The molecule has 1 aliphatic rings. The number of methoxy groups -OCH3 is 4. The van der Waals surface area contributed by atoms with Crippen LogP contribution < -0.4 is 29.7 Å². The SMILES string of the molecule is [2H]C([2H])([2H])Oc1ccc2c(cc1=O)C(NC(=O)C([2H])([2H])[2H])CCc1c-2cc(OC)c(OC)c1OC. The van der Waals surface area contributed by atoms with Gasteiger partial charge in [-0.05, 0) is 47.7 Å². The molecule has 0 heterocycles. The van der Waals surface area contributed by atoms with Crippen molar-refractivity contribution in [3.8, 4) is 34.1 Å². The summed E-state index contributed by atoms with van der Waals surface area (Å²) in [6, 6.07) is 4.67. The van der Waals surface area contributed by atoms with Gasteiger partial charge < -0.3 is 24.3 Å². The monoisotopic (exact) mass is 405 g/mol. The Kier molecular flexibility index (Phi) is 4.03. The Labute approximate surface area is 178 Å². The molecule has 2 aromatic rings. The summed E-state index contributed by atoms with van der Waals surface area (Å²) in [7, 11) is 1.50. The summed E-state index contributed by atoms with van der Waals surface area (Å²) in [4.78, 5) is 25.3. The predicted octanol–water partition coefficient (Wildman–Crippen LogP) is 2.87. The first-order valence-corrected chi connectivity index (χ1v) is 8.81. The third kappa shape index (κ3) is 3.72. The lowest BCUT2D eigenvalue weighted by Gasteiger charge is -2.18. The zero-order chi connectivity index (χ0) is 26.1. The van der Waals surface area contributed by atoms with E-state index >= 15 is 0 Å². The van der Waals surface area contributed by atoms with Crippen molar-refractivity contribution in [3.05, 3.63) is 45.6 Å². The topological polar surface area (TPSA) is 83.1 Å². The molecule has 0 radical (unpaired) electrons. The number of carbonyl (C=O) groups excluding carboxylic acids is 1. The summed E-state index contributed by atoms with van der Waals surface area (Å²) in [5, 5.41) is 2.50. The van der Waals surface area contributed by atoms with Gasteiger partial charge in [-0.2, -0.15) is 0 Å². The molecule has 0 aromatic heterocycles. The highest BCUT2D eigenvalue weighted by atomic mass is 16.5. The molecule has 1 N–H and O–H groups in total. The van der Waals surface area contributed by atoms with E-state index in [1.807, 2.05) is 0 Å². The second-order valence-corrected chi connectivity index (χ2v) is 6.41. The first kappa shape index (κ1) is 13.9. The van der Waals surface area contributed by atoms with Crippen molar-refractivity contribution in [1.82, 2.24) is 5.32 Å². The molecule has 154 valence electrons. The van der Waals surface area contributed by atoms with Crippen LogP contribution in [-0.2, 0) is 11.2 Å². The van der Waals surface area contributed by atoms with E-state index in [-0.39, 0.29) is 6.42 Å². The summed E-state index contributed by atoms with van der Waals surface area (Å²) in [5.74, 6) is -0.542. The van der Waals surface area contributed by atoms with Crippen LogP contribution in [-0.4, -0.2) is 34.3 Å². The number of rotatable bonds is 5. The van der Waals surface area contributed by atoms with Crippen LogP contribution in [0.2, 0.25) is 0 Å². The normalized spacial score (nSPS) is 18.7. The number of hydrogen-bond donors (Lipinski definition) is 1. The summed E-state index contributed by atoms with van der Waals surface area (Å²) in [6.07, 6.45) is 0.544. The van der Waals surface area contributed by atoms with E-state index < -0.39 is 37.0 Å². The number of amides is 1. The smallest absolute Gasteiger partial charge is 0.220 e. The van der Waals surface area contributed by atoms with E-state index in [0.717, 1.165) is 6.07 Å². The minimum atomic E-state index is -2.91. The van der Waals surface area contributed by atoms with Crippen molar-refractivity contribution in [2.24, 2.45) is 0 Å². The summed E-state index contributed by atoms with van der Waals surface area (Å²) >= 11 is 0. The van der Waals surface area contributed by atoms with Gasteiger partial charge in [-0.3, -0.25) is 9.59 Å². The van der Waals surface area contributed by atoms with Gasteiger partial charge in [-0.1, -0.05) is 6.07 Å². The Balaban J connectivity index is 2.34. The second-order valence-electron chi connectivity index (χ2n) is 6.41. The zero-order valence-corrected chi connectivity index (χ0v) is 16.3. The molecule has 0 spiro atoms. The molecule has 0 aliphatic heterocycles. The van der Waals surface area contributed by atoms with Crippen LogP contribution in [0.25, 0.3) is 11.1 Å². The molecular formula is C22H25NO6. The Morgan fingerprint density at radius 2 is 1.83 bits per heavy atom. The van der Waals surface area contributed by atoms with E-state index in [4.69, 9.17) is 27.2 Å². The maximum atomic E-state index is 12.9. The maximum Gasteiger partial charge on any atom is 0.220 e. The molecule has 0 saturated carbocycles. The largest absolute Gasteiger partial charge is 0.493 e. The third-order valence-electron chi connectivity index (χ3n) is 4.94. The van der Waals surface area contributed by atoms with Crippen molar-refractivity contribution in [3.63, 3.8) is 0 Å². The molecule has 7 nitrogen and oxygen atoms in total. The average Bonchev–Trinajstić information content (AvgIpc) is 3.00. The Hall–Kier alpha value is -3.22. The van der Waals surface area contributed by atoms with Gasteiger partial charge in [0.15, 0.2) is 17.2 Å². The number of carbonyl (C=O) groups is 1. The van der Waals surface area contributed by atoms with Gasteiger partial charge in [-0.15, -0.1) is 0 Å². The summed E-state index contributed by atoms with van der Waals surface area (Å²) in [6.45, 7) is -2.91. The summed E-state index contributed by atoms with van der Waals surface area (Å²) in [5.41, 5.74) is 1.24. The van der Waals surface area contributed by atoms with Crippen LogP contribution in [0, 0.1) is 0 Å². The second kappa shape index (κ2) is 8.43. The maximum absolute atomic E-state index is 12.9. The number of ether oxygens (including phenoxy) is 4. The molecule has 1 unspecified atom stereocenters. The highest BCUT2D eigenvalue weighted by Gasteiger charge is 2.28. The molecule has 1 atom stereocenters. The minimum absolute atomic E-state index is 0.215. The lowest BCUT2D eigenvalue weighted by atomic mass is 9.96. The molecule has 0 fully saturated rings. The molecule has 1 aliphatic carbocycles. The minimum Gasteiger partial charge on any atom is -0.493 e. The van der Waals surface area contributed by atoms with Crippen molar-refractivity contribution in [1.29, 1.82) is 0 Å². The molecule has 2 aromatic carbocycles. The molecule has 7 heteroatoms. The van der Waals surface area contributed by atoms with Crippen molar-refractivity contribution in [2.75, 3.05) is 28.4 Å². The van der Waals surface area contributed by atoms with Crippen LogP contribution in [0.3, 0.4) is 0 Å². The number of hydrogen-bond acceptors (Lipinski definition) is 6. The highest BCUT2D eigenvalue weighted by molar-refractivity contribution is 5.80. The van der Waals surface area contributed by atoms with Gasteiger partial charge in [0.1, 0.15) is 0 Å². The zero-order valence-electron chi connectivity index (χ0n) is 22.3. The van der Waals surface area contributed by atoms with E-state index in [1.165, 1.54) is 33.5 Å². The first-order chi connectivity index (χ1) is 16.3. The fourth-order valence-corrected chi connectivity index (χ4v) is 3.70. The van der Waals surface area contributed by atoms with Crippen LogP contribution in [0.15, 0.2) is 29.1 Å².